The van der Waals surface area contributed by atoms with Gasteiger partial charge in [-0.05, 0) is 36.4 Å². The molecule has 0 atom stereocenters. The van der Waals surface area contributed by atoms with E-state index in [1.54, 1.807) is 41.6 Å². The molecule has 112 valence electrons. The van der Waals surface area contributed by atoms with Crippen LogP contribution in [0.2, 0.25) is 0 Å². The monoisotopic (exact) mass is 297 g/mol. The third kappa shape index (κ3) is 3.12. The molecule has 1 aliphatic heterocycles. The predicted octanol–water partition coefficient (Wildman–Crippen LogP) is 1.70. The van der Waals surface area contributed by atoms with Crippen LogP contribution in [0.1, 0.15) is 10.4 Å². The van der Waals surface area contributed by atoms with Gasteiger partial charge in [-0.15, -0.1) is 0 Å². The molecule has 0 radical (unpaired) electrons. The van der Waals surface area contributed by atoms with E-state index in [-0.39, 0.29) is 18.4 Å². The molecule has 2 aromatic rings. The Bertz CT molecular complexity index is 671. The van der Waals surface area contributed by atoms with Crippen LogP contribution in [0.4, 0.5) is 11.4 Å². The summed E-state index contributed by atoms with van der Waals surface area (Å²) in [4.78, 5) is 29.4. The van der Waals surface area contributed by atoms with Gasteiger partial charge in [0.25, 0.3) is 11.8 Å². The number of nitrogens with zero attached hydrogens (tertiary/aromatic N) is 2. The Balaban J connectivity index is 1.69. The highest BCUT2D eigenvalue weighted by Gasteiger charge is 2.19. The summed E-state index contributed by atoms with van der Waals surface area (Å²) in [6, 6.07) is 10.5. The zero-order valence-corrected chi connectivity index (χ0v) is 11.9. The number of morpholine rings is 1. The molecular weight excluding hydrogens is 282 g/mol. The Kier molecular flexibility index (Phi) is 4.11. The first-order valence-electron chi connectivity index (χ1n) is 6.93. The van der Waals surface area contributed by atoms with Gasteiger partial charge < -0.3 is 15.0 Å². The fourth-order valence-electron chi connectivity index (χ4n) is 2.22. The van der Waals surface area contributed by atoms with Crippen LogP contribution in [-0.2, 0) is 9.53 Å². The van der Waals surface area contributed by atoms with E-state index in [0.29, 0.717) is 24.4 Å². The normalized spacial score (nSPS) is 14.7. The number of anilines is 2. The molecule has 0 saturated carbocycles. The molecule has 1 aliphatic rings. The van der Waals surface area contributed by atoms with Crippen molar-refractivity contribution in [3.05, 3.63) is 54.4 Å². The molecule has 3 rings (SSSR count). The van der Waals surface area contributed by atoms with E-state index in [2.05, 4.69) is 10.3 Å². The first-order chi connectivity index (χ1) is 10.7. The first-order valence-corrected chi connectivity index (χ1v) is 6.93. The highest BCUT2D eigenvalue weighted by molar-refractivity contribution is 6.04. The van der Waals surface area contributed by atoms with Crippen LogP contribution in [0.5, 0.6) is 0 Å². The average Bonchev–Trinajstić information content (AvgIpc) is 2.57. The van der Waals surface area contributed by atoms with Crippen molar-refractivity contribution < 1.29 is 14.3 Å². The Labute approximate surface area is 127 Å². The summed E-state index contributed by atoms with van der Waals surface area (Å²) in [5.74, 6) is -0.252. The van der Waals surface area contributed by atoms with Crippen molar-refractivity contribution in [1.29, 1.82) is 0 Å². The lowest BCUT2D eigenvalue weighted by atomic mass is 10.2. The molecule has 0 unspecified atom stereocenters. The van der Waals surface area contributed by atoms with Crippen molar-refractivity contribution >= 4 is 23.2 Å². The zero-order valence-electron chi connectivity index (χ0n) is 11.9. The summed E-state index contributed by atoms with van der Waals surface area (Å²) < 4.78 is 5.11. The van der Waals surface area contributed by atoms with E-state index < -0.39 is 0 Å². The van der Waals surface area contributed by atoms with Crippen molar-refractivity contribution in [1.82, 2.24) is 4.98 Å². The van der Waals surface area contributed by atoms with Crippen LogP contribution in [0.25, 0.3) is 0 Å². The number of nitrogens with one attached hydrogen (secondary N) is 1. The van der Waals surface area contributed by atoms with Gasteiger partial charge in [0, 0.05) is 35.9 Å². The molecule has 0 bridgehead atoms. The van der Waals surface area contributed by atoms with Gasteiger partial charge in [-0.2, -0.15) is 0 Å². The number of rotatable bonds is 3. The molecule has 6 nitrogen and oxygen atoms in total. The van der Waals surface area contributed by atoms with E-state index in [4.69, 9.17) is 4.74 Å². The minimum Gasteiger partial charge on any atom is -0.370 e. The summed E-state index contributed by atoms with van der Waals surface area (Å²) in [5.41, 5.74) is 2.02. The van der Waals surface area contributed by atoms with E-state index in [1.807, 2.05) is 12.1 Å². The van der Waals surface area contributed by atoms with Crippen LogP contribution in [0.15, 0.2) is 48.8 Å². The van der Waals surface area contributed by atoms with Gasteiger partial charge >= 0.3 is 0 Å². The average molecular weight is 297 g/mol. The molecule has 2 heterocycles. The zero-order chi connectivity index (χ0) is 15.4. The third-order valence-corrected chi connectivity index (χ3v) is 3.37. The van der Waals surface area contributed by atoms with Crippen LogP contribution in [0, 0.1) is 0 Å². The number of amides is 2. The summed E-state index contributed by atoms with van der Waals surface area (Å²) in [5, 5.41) is 2.80. The van der Waals surface area contributed by atoms with Crippen molar-refractivity contribution in [2.24, 2.45) is 0 Å². The van der Waals surface area contributed by atoms with E-state index in [9.17, 15) is 9.59 Å². The molecule has 0 aliphatic carbocycles. The fourth-order valence-corrected chi connectivity index (χ4v) is 2.22. The molecule has 1 fully saturated rings. The molecule has 1 aromatic carbocycles. The Morgan fingerprint density at radius 1 is 1.14 bits per heavy atom. The van der Waals surface area contributed by atoms with Gasteiger partial charge in [-0.25, -0.2) is 0 Å². The second kappa shape index (κ2) is 6.36. The Morgan fingerprint density at radius 3 is 2.55 bits per heavy atom. The molecule has 0 spiro atoms. The van der Waals surface area contributed by atoms with E-state index >= 15 is 0 Å². The van der Waals surface area contributed by atoms with Gasteiger partial charge in [0.2, 0.25) is 0 Å². The third-order valence-electron chi connectivity index (χ3n) is 3.37. The second-order valence-corrected chi connectivity index (χ2v) is 4.83. The lowest BCUT2D eigenvalue weighted by Crippen LogP contribution is -2.41. The summed E-state index contributed by atoms with van der Waals surface area (Å²) in [6.45, 7) is 1.19. The first kappa shape index (κ1) is 14.2. The number of hydrogen-bond donors (Lipinski definition) is 1. The highest BCUT2D eigenvalue weighted by Crippen LogP contribution is 2.20. The molecule has 1 aromatic heterocycles. The molecule has 1 saturated heterocycles. The van der Waals surface area contributed by atoms with Crippen LogP contribution >= 0.6 is 0 Å². The lowest BCUT2D eigenvalue weighted by Gasteiger charge is -2.26. The summed E-state index contributed by atoms with van der Waals surface area (Å²) in [7, 11) is 0. The maximum atomic E-state index is 12.0. The number of aromatic nitrogens is 1. The van der Waals surface area contributed by atoms with Gasteiger partial charge in [0.15, 0.2) is 0 Å². The quantitative estimate of drug-likeness (QED) is 0.936. The number of ether oxygens (including phenoxy) is 1. The summed E-state index contributed by atoms with van der Waals surface area (Å²) in [6.07, 6.45) is 3.14. The minimum absolute atomic E-state index is 0.0557. The maximum Gasteiger partial charge on any atom is 0.255 e. The minimum atomic E-state index is -0.197. The molecular formula is C16H15N3O3. The van der Waals surface area contributed by atoms with Crippen molar-refractivity contribution in [3.63, 3.8) is 0 Å². The molecule has 1 N–H and O–H groups in total. The summed E-state index contributed by atoms with van der Waals surface area (Å²) >= 11 is 0. The van der Waals surface area contributed by atoms with Gasteiger partial charge in [-0.3, -0.25) is 14.6 Å². The van der Waals surface area contributed by atoms with E-state index in [0.717, 1.165) is 5.69 Å². The Hall–Kier alpha value is -2.73. The van der Waals surface area contributed by atoms with Crippen LogP contribution in [-0.4, -0.2) is 36.6 Å². The van der Waals surface area contributed by atoms with E-state index in [1.165, 1.54) is 0 Å². The largest absolute Gasteiger partial charge is 0.370 e. The topological polar surface area (TPSA) is 71.5 Å². The van der Waals surface area contributed by atoms with Gasteiger partial charge in [-0.1, -0.05) is 0 Å². The number of carbonyl (C=O) groups is 2. The van der Waals surface area contributed by atoms with Crippen LogP contribution < -0.4 is 10.2 Å². The van der Waals surface area contributed by atoms with Crippen molar-refractivity contribution in [2.75, 3.05) is 30.0 Å². The molecule has 22 heavy (non-hydrogen) atoms. The number of pyridine rings is 1. The Morgan fingerprint density at radius 2 is 1.86 bits per heavy atom. The number of carbonyl (C=O) groups excluding carboxylic acids is 2. The molecule has 2 amide bonds. The second-order valence-electron chi connectivity index (χ2n) is 4.83. The SMILES string of the molecule is O=C(Nc1ccc(N2CCOCC2=O)cc1)c1ccncc1. The fraction of sp³-hybridized carbons (Fsp3) is 0.188. The lowest BCUT2D eigenvalue weighted by molar-refractivity contribution is -0.125. The number of benzene rings is 1. The standard InChI is InChI=1S/C16H15N3O3/c20-15-11-22-10-9-19(15)14-3-1-13(2-4-14)18-16(21)12-5-7-17-8-6-12/h1-8H,9-11H2,(H,18,21). The number of hydrogen-bond acceptors (Lipinski definition) is 4. The van der Waals surface area contributed by atoms with Gasteiger partial charge in [0.05, 0.1) is 6.61 Å². The smallest absolute Gasteiger partial charge is 0.255 e. The molecule has 6 heteroatoms. The predicted molar refractivity (Wildman–Crippen MR) is 81.8 cm³/mol. The van der Waals surface area contributed by atoms with Crippen molar-refractivity contribution in [2.45, 2.75) is 0 Å². The van der Waals surface area contributed by atoms with Gasteiger partial charge in [0.1, 0.15) is 6.61 Å². The van der Waals surface area contributed by atoms with Crippen LogP contribution in [0.3, 0.4) is 0 Å². The maximum absolute atomic E-state index is 12.0. The highest BCUT2D eigenvalue weighted by atomic mass is 16.5. The van der Waals surface area contributed by atoms with Crippen molar-refractivity contribution in [3.8, 4) is 0 Å².